The van der Waals surface area contributed by atoms with Gasteiger partial charge in [0.2, 0.25) is 0 Å². The van der Waals surface area contributed by atoms with Crippen molar-refractivity contribution in [3.63, 3.8) is 0 Å². The molecule has 18 heavy (non-hydrogen) atoms. The molecule has 1 aromatic carbocycles. The van der Waals surface area contributed by atoms with Gasteiger partial charge in [-0.15, -0.1) is 6.58 Å². The predicted octanol–water partition coefficient (Wildman–Crippen LogP) is 4.43. The maximum absolute atomic E-state index is 4.00. The first-order chi connectivity index (χ1) is 8.45. The van der Waals surface area contributed by atoms with Crippen molar-refractivity contribution < 1.29 is 0 Å². The zero-order chi connectivity index (χ0) is 13.6. The van der Waals surface area contributed by atoms with Crippen LogP contribution in [0.4, 0.5) is 0 Å². The van der Waals surface area contributed by atoms with E-state index in [1.807, 2.05) is 0 Å². The summed E-state index contributed by atoms with van der Waals surface area (Å²) in [4.78, 5) is 0. The molecule has 1 aromatic rings. The summed E-state index contributed by atoms with van der Waals surface area (Å²) in [5.74, 6) is 0.685. The molecule has 2 heteroatoms. The van der Waals surface area contributed by atoms with Gasteiger partial charge in [-0.3, -0.25) is 0 Å². The Morgan fingerprint density at radius 1 is 1.44 bits per heavy atom. The van der Waals surface area contributed by atoms with E-state index in [0.717, 1.165) is 24.0 Å². The van der Waals surface area contributed by atoms with Crippen LogP contribution in [0.25, 0.3) is 0 Å². The first-order valence-corrected chi connectivity index (χ1v) is 7.33. The van der Waals surface area contributed by atoms with Gasteiger partial charge in [-0.2, -0.15) is 0 Å². The minimum absolute atomic E-state index is 0.107. The lowest BCUT2D eigenvalue weighted by atomic mass is 9.83. The van der Waals surface area contributed by atoms with Crippen molar-refractivity contribution >= 4 is 15.9 Å². The van der Waals surface area contributed by atoms with E-state index in [-0.39, 0.29) is 5.41 Å². The molecule has 1 atom stereocenters. The van der Waals surface area contributed by atoms with Crippen LogP contribution in [-0.2, 0) is 6.42 Å². The quantitative estimate of drug-likeness (QED) is 0.735. The Morgan fingerprint density at radius 2 is 2.17 bits per heavy atom. The fourth-order valence-corrected chi connectivity index (χ4v) is 2.41. The lowest BCUT2D eigenvalue weighted by molar-refractivity contribution is 0.378. The van der Waals surface area contributed by atoms with E-state index >= 15 is 0 Å². The highest BCUT2D eigenvalue weighted by atomic mass is 79.9. The van der Waals surface area contributed by atoms with E-state index < -0.39 is 0 Å². The summed E-state index contributed by atoms with van der Waals surface area (Å²) in [6.45, 7) is 12.7. The molecule has 1 rings (SSSR count). The lowest BCUT2D eigenvalue weighted by Gasteiger charge is -2.27. The first-order valence-electron chi connectivity index (χ1n) is 6.54. The number of benzene rings is 1. The molecule has 0 saturated carbocycles. The predicted molar refractivity (Wildman–Crippen MR) is 83.9 cm³/mol. The van der Waals surface area contributed by atoms with Crippen LogP contribution >= 0.6 is 15.9 Å². The Hall–Kier alpha value is -0.600. The van der Waals surface area contributed by atoms with Gasteiger partial charge in [-0.05, 0) is 36.6 Å². The van der Waals surface area contributed by atoms with E-state index in [2.05, 4.69) is 78.9 Å². The highest BCUT2D eigenvalue weighted by molar-refractivity contribution is 9.10. The summed E-state index contributed by atoms with van der Waals surface area (Å²) in [6.07, 6.45) is 3.09. The van der Waals surface area contributed by atoms with E-state index in [0.29, 0.717) is 5.92 Å². The molecule has 0 aromatic heterocycles. The van der Waals surface area contributed by atoms with Crippen molar-refractivity contribution in [1.82, 2.24) is 5.32 Å². The van der Waals surface area contributed by atoms with Crippen LogP contribution in [0, 0.1) is 11.3 Å². The van der Waals surface area contributed by atoms with E-state index in [9.17, 15) is 0 Å². The Bertz CT molecular complexity index is 386. The number of nitrogens with one attached hydrogen (secondary N) is 1. The third-order valence-electron chi connectivity index (χ3n) is 3.07. The lowest BCUT2D eigenvalue weighted by Crippen LogP contribution is -2.34. The summed E-state index contributed by atoms with van der Waals surface area (Å²) in [7, 11) is 0. The van der Waals surface area contributed by atoms with Crippen LogP contribution in [0.15, 0.2) is 41.4 Å². The van der Waals surface area contributed by atoms with Crippen LogP contribution < -0.4 is 5.32 Å². The summed E-state index contributed by atoms with van der Waals surface area (Å²) in [5.41, 5.74) is 1.45. The van der Waals surface area contributed by atoms with Gasteiger partial charge in [0, 0.05) is 16.4 Å². The Balaban J connectivity index is 2.61. The van der Waals surface area contributed by atoms with Crippen LogP contribution in [0.1, 0.15) is 26.3 Å². The first kappa shape index (κ1) is 15.5. The summed E-state index contributed by atoms with van der Waals surface area (Å²) in [6, 6.07) is 8.51. The van der Waals surface area contributed by atoms with Gasteiger partial charge in [0.1, 0.15) is 0 Å². The second kappa shape index (κ2) is 7.10. The van der Waals surface area contributed by atoms with Gasteiger partial charge in [0.05, 0.1) is 0 Å². The molecule has 0 aliphatic heterocycles. The Kier molecular flexibility index (Phi) is 6.10. The topological polar surface area (TPSA) is 12.0 Å². The molecule has 0 heterocycles. The molecule has 0 radical (unpaired) electrons. The molecule has 0 aliphatic carbocycles. The van der Waals surface area contributed by atoms with Crippen LogP contribution in [-0.4, -0.2) is 13.1 Å². The van der Waals surface area contributed by atoms with Gasteiger partial charge in [-0.1, -0.05) is 54.9 Å². The highest BCUT2D eigenvalue weighted by Gasteiger charge is 2.20. The largest absolute Gasteiger partial charge is 0.316 e. The van der Waals surface area contributed by atoms with Gasteiger partial charge in [0.15, 0.2) is 0 Å². The Labute approximate surface area is 120 Å². The minimum Gasteiger partial charge on any atom is -0.316 e. The molecule has 100 valence electrons. The van der Waals surface area contributed by atoms with Crippen molar-refractivity contribution in [1.29, 1.82) is 0 Å². The average Bonchev–Trinajstić information content (AvgIpc) is 2.28. The monoisotopic (exact) mass is 309 g/mol. The Morgan fingerprint density at radius 3 is 2.72 bits per heavy atom. The number of hydrogen-bond acceptors (Lipinski definition) is 1. The molecule has 0 saturated heterocycles. The second-order valence-corrected chi connectivity index (χ2v) is 6.61. The van der Waals surface area contributed by atoms with E-state index in [1.54, 1.807) is 0 Å². The molecule has 0 bridgehead atoms. The molecular weight excluding hydrogens is 286 g/mol. The van der Waals surface area contributed by atoms with Gasteiger partial charge in [-0.25, -0.2) is 0 Å². The summed E-state index contributed by atoms with van der Waals surface area (Å²) in [5, 5.41) is 3.53. The van der Waals surface area contributed by atoms with Crippen molar-refractivity contribution in [2.24, 2.45) is 11.3 Å². The average molecular weight is 310 g/mol. The molecule has 1 unspecified atom stereocenters. The molecule has 0 amide bonds. The fourth-order valence-electron chi connectivity index (χ4n) is 1.97. The molecule has 0 aliphatic rings. The van der Waals surface area contributed by atoms with E-state index in [1.165, 1.54) is 5.56 Å². The van der Waals surface area contributed by atoms with Gasteiger partial charge >= 0.3 is 0 Å². The molecule has 1 N–H and O–H groups in total. The third-order valence-corrected chi connectivity index (χ3v) is 3.56. The van der Waals surface area contributed by atoms with Crippen LogP contribution in [0.2, 0.25) is 0 Å². The second-order valence-electron chi connectivity index (χ2n) is 5.69. The van der Waals surface area contributed by atoms with Crippen molar-refractivity contribution in [3.8, 4) is 0 Å². The van der Waals surface area contributed by atoms with Gasteiger partial charge in [0.25, 0.3) is 0 Å². The third kappa shape index (κ3) is 5.36. The summed E-state index contributed by atoms with van der Waals surface area (Å²) >= 11 is 3.52. The maximum Gasteiger partial charge on any atom is 0.0178 e. The van der Waals surface area contributed by atoms with Crippen molar-refractivity contribution in [3.05, 3.63) is 47.0 Å². The molecule has 1 nitrogen and oxygen atoms in total. The number of rotatable bonds is 7. The van der Waals surface area contributed by atoms with Crippen molar-refractivity contribution in [2.45, 2.75) is 27.2 Å². The highest BCUT2D eigenvalue weighted by Crippen LogP contribution is 2.24. The number of hydrogen-bond donors (Lipinski definition) is 1. The zero-order valence-electron chi connectivity index (χ0n) is 11.7. The molecular formula is C16H24BrN. The normalized spacial score (nSPS) is 14.5. The molecule has 0 spiro atoms. The van der Waals surface area contributed by atoms with Gasteiger partial charge < -0.3 is 5.32 Å². The fraction of sp³-hybridized carbons (Fsp3) is 0.500. The summed E-state index contributed by atoms with van der Waals surface area (Å²) < 4.78 is 1.14. The smallest absolute Gasteiger partial charge is 0.0178 e. The molecule has 0 fully saturated rings. The zero-order valence-corrected chi connectivity index (χ0v) is 13.3. The van der Waals surface area contributed by atoms with Crippen LogP contribution in [0.5, 0.6) is 0 Å². The van der Waals surface area contributed by atoms with E-state index in [4.69, 9.17) is 0 Å². The van der Waals surface area contributed by atoms with Crippen LogP contribution in [0.3, 0.4) is 0 Å². The SMILES string of the molecule is C=CC(C)(CNCC(C)C)Cc1cccc(Br)c1. The standard InChI is InChI=1S/C16H24BrN/c1-5-16(4,12-18-11-13(2)3)10-14-7-6-8-15(17)9-14/h5-9,13,18H,1,10-12H2,2-4H3. The number of halogens is 1. The maximum atomic E-state index is 4.00. The van der Waals surface area contributed by atoms with Crippen molar-refractivity contribution in [2.75, 3.05) is 13.1 Å². The minimum atomic E-state index is 0.107.